The molecule has 0 saturated carbocycles. The molecule has 1 aromatic rings. The van der Waals surface area contributed by atoms with Gasteiger partial charge in [0.2, 0.25) is 15.9 Å². The third-order valence-corrected chi connectivity index (χ3v) is 5.36. The summed E-state index contributed by atoms with van der Waals surface area (Å²) in [5, 5.41) is 3.13. The number of aryl methyl sites for hydroxylation is 1. The van der Waals surface area contributed by atoms with Crippen molar-refractivity contribution < 1.29 is 13.2 Å². The van der Waals surface area contributed by atoms with Crippen LogP contribution in [-0.4, -0.2) is 43.1 Å². The Kier molecular flexibility index (Phi) is 6.93. The zero-order valence-electron chi connectivity index (χ0n) is 11.7. The van der Waals surface area contributed by atoms with Gasteiger partial charge in [0.15, 0.2) is 5.13 Å². The summed E-state index contributed by atoms with van der Waals surface area (Å²) in [4.78, 5) is 17.2. The smallest absolute Gasteiger partial charge is 0.244 e. The lowest BCUT2D eigenvalue weighted by Crippen LogP contribution is -2.44. The number of nitrogens with zero attached hydrogens (tertiary/aromatic N) is 1. The van der Waals surface area contributed by atoms with Crippen molar-refractivity contribution in [2.45, 2.75) is 26.3 Å². The second-order valence-corrected chi connectivity index (χ2v) is 8.38. The number of hydrogen-bond acceptors (Lipinski definition) is 6. The predicted octanol–water partition coefficient (Wildman–Crippen LogP) is 1.45. The molecule has 0 radical (unpaired) electrons. The minimum atomic E-state index is -3.42. The molecule has 0 saturated heterocycles. The molecule has 2 N–H and O–H groups in total. The van der Waals surface area contributed by atoms with E-state index in [9.17, 15) is 13.2 Å². The number of thioether (sulfide) groups is 1. The van der Waals surface area contributed by atoms with Gasteiger partial charge in [0.25, 0.3) is 0 Å². The highest BCUT2D eigenvalue weighted by Gasteiger charge is 2.23. The van der Waals surface area contributed by atoms with Gasteiger partial charge in [-0.05, 0) is 32.3 Å². The minimum absolute atomic E-state index is 0.0492. The lowest BCUT2D eigenvalue weighted by atomic mass is 10.2. The van der Waals surface area contributed by atoms with Crippen molar-refractivity contribution in [2.24, 2.45) is 0 Å². The molecule has 1 atom stereocenters. The molecule has 0 unspecified atom stereocenters. The molecule has 6 nitrogen and oxygen atoms in total. The molecule has 0 spiro atoms. The van der Waals surface area contributed by atoms with Crippen LogP contribution in [0.15, 0.2) is 6.20 Å². The van der Waals surface area contributed by atoms with Gasteiger partial charge in [-0.2, -0.15) is 11.8 Å². The van der Waals surface area contributed by atoms with Crippen molar-refractivity contribution in [1.82, 2.24) is 9.71 Å². The Bertz CT molecular complexity index is 542. The van der Waals surface area contributed by atoms with Crippen molar-refractivity contribution in [2.75, 3.05) is 23.1 Å². The van der Waals surface area contributed by atoms with E-state index < -0.39 is 16.1 Å². The minimum Gasteiger partial charge on any atom is -0.301 e. The van der Waals surface area contributed by atoms with Crippen LogP contribution in [0, 0.1) is 6.92 Å². The third kappa shape index (κ3) is 5.78. The van der Waals surface area contributed by atoms with Gasteiger partial charge in [-0.15, -0.1) is 11.3 Å². The molecule has 114 valence electrons. The van der Waals surface area contributed by atoms with Crippen molar-refractivity contribution in [3.63, 3.8) is 0 Å². The molecule has 1 aromatic heterocycles. The molecule has 20 heavy (non-hydrogen) atoms. The van der Waals surface area contributed by atoms with Crippen LogP contribution >= 0.6 is 23.1 Å². The van der Waals surface area contributed by atoms with E-state index in [0.717, 1.165) is 4.88 Å². The Labute approximate surface area is 127 Å². The van der Waals surface area contributed by atoms with Crippen LogP contribution in [0.3, 0.4) is 0 Å². The summed E-state index contributed by atoms with van der Waals surface area (Å²) in [6.45, 7) is 3.42. The van der Waals surface area contributed by atoms with Gasteiger partial charge >= 0.3 is 0 Å². The van der Waals surface area contributed by atoms with E-state index in [2.05, 4.69) is 15.0 Å². The molecule has 1 rings (SSSR count). The maximum Gasteiger partial charge on any atom is 0.244 e. The van der Waals surface area contributed by atoms with Gasteiger partial charge in [-0.25, -0.2) is 18.1 Å². The van der Waals surface area contributed by atoms with Gasteiger partial charge < -0.3 is 5.32 Å². The second-order valence-electron chi connectivity index (χ2n) is 4.12. The molecule has 0 aromatic carbocycles. The number of thiazole rings is 1. The standard InChI is InChI=1S/C11H19N3O3S3/c1-4-20(16,17)14-9(5-6-18-3)10(15)13-11-12-7-8(2)19-11/h7,9,14H,4-6H2,1-3H3,(H,12,13,15)/t9-/m1/s1. The van der Waals surface area contributed by atoms with Crippen LogP contribution in [0.1, 0.15) is 18.2 Å². The number of sulfonamides is 1. The summed E-state index contributed by atoms with van der Waals surface area (Å²) in [5.74, 6) is 0.276. The van der Waals surface area contributed by atoms with Gasteiger partial charge in [-0.3, -0.25) is 4.79 Å². The first-order chi connectivity index (χ1) is 9.38. The first-order valence-corrected chi connectivity index (χ1v) is 9.96. The summed E-state index contributed by atoms with van der Waals surface area (Å²) in [7, 11) is -3.42. The van der Waals surface area contributed by atoms with E-state index in [1.807, 2.05) is 13.2 Å². The number of hydrogen-bond donors (Lipinski definition) is 2. The summed E-state index contributed by atoms with van der Waals surface area (Å²) < 4.78 is 25.7. The molecule has 1 amide bonds. The van der Waals surface area contributed by atoms with Crippen LogP contribution in [0.2, 0.25) is 0 Å². The van der Waals surface area contributed by atoms with Crippen LogP contribution in [-0.2, 0) is 14.8 Å². The van der Waals surface area contributed by atoms with Crippen LogP contribution < -0.4 is 10.0 Å². The highest BCUT2D eigenvalue weighted by atomic mass is 32.2. The van der Waals surface area contributed by atoms with Crippen molar-refractivity contribution in [3.05, 3.63) is 11.1 Å². The first kappa shape index (κ1) is 17.4. The van der Waals surface area contributed by atoms with E-state index in [0.29, 0.717) is 17.3 Å². The van der Waals surface area contributed by atoms with Crippen LogP contribution in [0.25, 0.3) is 0 Å². The maximum absolute atomic E-state index is 12.1. The quantitative estimate of drug-likeness (QED) is 0.749. The number of carbonyl (C=O) groups is 1. The fourth-order valence-corrected chi connectivity index (χ4v) is 3.35. The summed E-state index contributed by atoms with van der Waals surface area (Å²) in [6.07, 6.45) is 4.01. The van der Waals surface area contributed by atoms with E-state index in [-0.39, 0.29) is 11.7 Å². The van der Waals surface area contributed by atoms with E-state index in [1.165, 1.54) is 18.3 Å². The molecule has 0 aliphatic rings. The van der Waals surface area contributed by atoms with Crippen LogP contribution in [0.5, 0.6) is 0 Å². The number of rotatable bonds is 8. The Morgan fingerprint density at radius 1 is 1.55 bits per heavy atom. The largest absolute Gasteiger partial charge is 0.301 e. The molecule has 0 aliphatic carbocycles. The third-order valence-electron chi connectivity index (χ3n) is 2.48. The molecule has 0 aliphatic heterocycles. The average molecular weight is 337 g/mol. The fraction of sp³-hybridized carbons (Fsp3) is 0.636. The first-order valence-electron chi connectivity index (χ1n) is 6.10. The number of aromatic nitrogens is 1. The maximum atomic E-state index is 12.1. The number of carbonyl (C=O) groups excluding carboxylic acids is 1. The van der Waals surface area contributed by atoms with E-state index in [1.54, 1.807) is 18.0 Å². The van der Waals surface area contributed by atoms with Gasteiger partial charge in [0.05, 0.1) is 5.75 Å². The SMILES string of the molecule is CCS(=O)(=O)N[C@H](CCSC)C(=O)Nc1ncc(C)s1. The number of nitrogens with one attached hydrogen (secondary N) is 2. The van der Waals surface area contributed by atoms with E-state index >= 15 is 0 Å². The number of amides is 1. The van der Waals surface area contributed by atoms with Crippen molar-refractivity contribution >= 4 is 44.2 Å². The molecule has 1 heterocycles. The Hall–Kier alpha value is -0.640. The van der Waals surface area contributed by atoms with Crippen molar-refractivity contribution in [3.8, 4) is 0 Å². The predicted molar refractivity (Wildman–Crippen MR) is 84.9 cm³/mol. The summed E-state index contributed by atoms with van der Waals surface area (Å²) in [6, 6.07) is -0.767. The molecule has 0 fully saturated rings. The van der Waals surface area contributed by atoms with Crippen LogP contribution in [0.4, 0.5) is 5.13 Å². The second kappa shape index (κ2) is 7.96. The van der Waals surface area contributed by atoms with Gasteiger partial charge in [0, 0.05) is 11.1 Å². The van der Waals surface area contributed by atoms with E-state index in [4.69, 9.17) is 0 Å². The monoisotopic (exact) mass is 337 g/mol. The lowest BCUT2D eigenvalue weighted by Gasteiger charge is -2.16. The molecule has 9 heteroatoms. The molecular weight excluding hydrogens is 318 g/mol. The Morgan fingerprint density at radius 2 is 2.25 bits per heavy atom. The summed E-state index contributed by atoms with van der Waals surface area (Å²) in [5.41, 5.74) is 0. The van der Waals surface area contributed by atoms with Gasteiger partial charge in [-0.1, -0.05) is 0 Å². The Morgan fingerprint density at radius 3 is 2.75 bits per heavy atom. The fourth-order valence-electron chi connectivity index (χ4n) is 1.38. The topological polar surface area (TPSA) is 88.2 Å². The lowest BCUT2D eigenvalue weighted by molar-refractivity contribution is -0.117. The summed E-state index contributed by atoms with van der Waals surface area (Å²) >= 11 is 2.92. The zero-order valence-corrected chi connectivity index (χ0v) is 14.1. The Balaban J connectivity index is 2.73. The van der Waals surface area contributed by atoms with Crippen molar-refractivity contribution in [1.29, 1.82) is 0 Å². The molecular formula is C11H19N3O3S3. The highest BCUT2D eigenvalue weighted by molar-refractivity contribution is 7.98. The normalized spacial score (nSPS) is 13.2. The number of anilines is 1. The highest BCUT2D eigenvalue weighted by Crippen LogP contribution is 2.17. The zero-order chi connectivity index (χ0) is 15.2. The molecule has 0 bridgehead atoms. The van der Waals surface area contributed by atoms with Gasteiger partial charge in [0.1, 0.15) is 6.04 Å². The average Bonchev–Trinajstić information content (AvgIpc) is 2.79.